The number of benzene rings is 2. The highest BCUT2D eigenvalue weighted by Gasteiger charge is 2.32. The summed E-state index contributed by atoms with van der Waals surface area (Å²) < 4.78 is 18.5. The van der Waals surface area contributed by atoms with Gasteiger partial charge in [0.2, 0.25) is 0 Å². The van der Waals surface area contributed by atoms with Crippen LogP contribution in [0.5, 0.6) is 11.5 Å². The lowest BCUT2D eigenvalue weighted by Crippen LogP contribution is -2.53. The first-order valence-electron chi connectivity index (χ1n) is 13.6. The molecule has 0 bridgehead atoms. The fourth-order valence-corrected chi connectivity index (χ4v) is 4.95. The first-order chi connectivity index (χ1) is 18.5. The van der Waals surface area contributed by atoms with Crippen LogP contribution in [-0.4, -0.2) is 54.4 Å². The second-order valence-electron chi connectivity index (χ2n) is 9.69. The van der Waals surface area contributed by atoms with Gasteiger partial charge < -0.3 is 23.7 Å². The van der Waals surface area contributed by atoms with Gasteiger partial charge in [-0.05, 0) is 56.5 Å². The van der Waals surface area contributed by atoms with E-state index in [-0.39, 0.29) is 24.6 Å². The molecule has 2 amide bonds. The van der Waals surface area contributed by atoms with Crippen LogP contribution in [0.1, 0.15) is 52.0 Å². The van der Waals surface area contributed by atoms with Gasteiger partial charge in [-0.15, -0.1) is 0 Å². The Morgan fingerprint density at radius 2 is 1.92 bits per heavy atom. The van der Waals surface area contributed by atoms with Crippen LogP contribution >= 0.6 is 0 Å². The quantitative estimate of drug-likeness (QED) is 0.216. The molecule has 1 fully saturated rings. The Kier molecular flexibility index (Phi) is 9.15. The van der Waals surface area contributed by atoms with Crippen molar-refractivity contribution in [2.75, 3.05) is 31.8 Å². The third-order valence-electron chi connectivity index (χ3n) is 7.09. The molecular weight excluding hydrogens is 482 g/mol. The van der Waals surface area contributed by atoms with Crippen LogP contribution in [0.2, 0.25) is 0 Å². The van der Waals surface area contributed by atoms with E-state index in [9.17, 15) is 9.59 Å². The molecule has 204 valence electrons. The van der Waals surface area contributed by atoms with E-state index in [2.05, 4.69) is 13.8 Å². The molecule has 1 atom stereocenters. The number of methoxy groups -OCH3 is 1. The minimum atomic E-state index is -0.265. The van der Waals surface area contributed by atoms with Crippen LogP contribution in [0, 0.1) is 0 Å². The molecule has 38 heavy (non-hydrogen) atoms. The molecule has 3 aromatic rings. The number of carbonyl (C=O) groups is 2. The van der Waals surface area contributed by atoms with E-state index in [1.807, 2.05) is 63.0 Å². The van der Waals surface area contributed by atoms with Gasteiger partial charge >= 0.3 is 12.0 Å². The van der Waals surface area contributed by atoms with Crippen molar-refractivity contribution in [1.82, 2.24) is 9.47 Å². The average molecular weight is 522 g/mol. The van der Waals surface area contributed by atoms with Crippen molar-refractivity contribution in [3.8, 4) is 11.5 Å². The predicted molar refractivity (Wildman–Crippen MR) is 149 cm³/mol. The molecule has 2 heterocycles. The Hall–Kier alpha value is -3.68. The Morgan fingerprint density at radius 3 is 2.68 bits per heavy atom. The second-order valence-corrected chi connectivity index (χ2v) is 9.69. The van der Waals surface area contributed by atoms with E-state index in [0.29, 0.717) is 37.8 Å². The molecule has 0 saturated carbocycles. The molecule has 8 heteroatoms. The van der Waals surface area contributed by atoms with Crippen molar-refractivity contribution < 1.29 is 23.8 Å². The Labute approximate surface area is 225 Å². The first-order valence-corrected chi connectivity index (χ1v) is 13.6. The highest BCUT2D eigenvalue weighted by atomic mass is 16.5. The predicted octanol–water partition coefficient (Wildman–Crippen LogP) is 6.00. The van der Waals surface area contributed by atoms with Gasteiger partial charge in [-0.3, -0.25) is 9.69 Å². The van der Waals surface area contributed by atoms with Gasteiger partial charge in [0.25, 0.3) is 0 Å². The number of amides is 2. The summed E-state index contributed by atoms with van der Waals surface area (Å²) in [5.74, 6) is 1.06. The van der Waals surface area contributed by atoms with Crippen molar-refractivity contribution >= 4 is 28.6 Å². The molecule has 0 unspecified atom stereocenters. The lowest BCUT2D eigenvalue weighted by molar-refractivity contribution is -0.143. The summed E-state index contributed by atoms with van der Waals surface area (Å²) in [4.78, 5) is 29.6. The van der Waals surface area contributed by atoms with Crippen LogP contribution in [0.4, 0.5) is 10.5 Å². The zero-order chi connectivity index (χ0) is 27.1. The van der Waals surface area contributed by atoms with Crippen molar-refractivity contribution in [3.63, 3.8) is 0 Å². The number of aromatic nitrogens is 1. The standard InChI is InChI=1S/C30H39N3O5/c1-5-7-8-18-38-28-19-24(12-13-27(28)36-4)32-17-14-22(3)33(30(32)35)20-23-10-9-11-26-25(23)15-16-31(26)21-29(34)37-6-2/h9-13,15-16,19,22H,5-8,14,17-18,20-21H2,1-4H3/t22-/m0/s1. The SMILES string of the molecule is CCCCCOc1cc(N2CC[C@H](C)N(Cc3cccc4c3ccn4CC(=O)OCC)C2=O)ccc1OC. The highest BCUT2D eigenvalue weighted by Crippen LogP contribution is 2.34. The van der Waals surface area contributed by atoms with E-state index in [1.54, 1.807) is 14.0 Å². The van der Waals surface area contributed by atoms with Gasteiger partial charge in [-0.1, -0.05) is 31.9 Å². The lowest BCUT2D eigenvalue weighted by atomic mass is 10.1. The van der Waals surface area contributed by atoms with Crippen molar-refractivity contribution in [3.05, 3.63) is 54.2 Å². The summed E-state index contributed by atoms with van der Waals surface area (Å²) in [7, 11) is 1.63. The van der Waals surface area contributed by atoms with Gasteiger partial charge in [-0.25, -0.2) is 4.79 Å². The normalized spacial score (nSPS) is 15.7. The summed E-state index contributed by atoms with van der Waals surface area (Å²) in [6.45, 7) is 8.31. The maximum absolute atomic E-state index is 13.8. The highest BCUT2D eigenvalue weighted by molar-refractivity contribution is 5.94. The van der Waals surface area contributed by atoms with Crippen LogP contribution in [0.15, 0.2) is 48.7 Å². The monoisotopic (exact) mass is 521 g/mol. The molecule has 1 saturated heterocycles. The number of anilines is 1. The molecule has 1 aromatic heterocycles. The number of carbonyl (C=O) groups excluding carboxylic acids is 2. The first kappa shape index (κ1) is 27.4. The largest absolute Gasteiger partial charge is 0.493 e. The summed E-state index contributed by atoms with van der Waals surface area (Å²) in [6, 6.07) is 13.8. The summed E-state index contributed by atoms with van der Waals surface area (Å²) in [5.41, 5.74) is 2.79. The molecule has 0 radical (unpaired) electrons. The number of unbranched alkanes of at least 4 members (excludes halogenated alkanes) is 2. The van der Waals surface area contributed by atoms with Gasteiger partial charge in [0, 0.05) is 48.0 Å². The van der Waals surface area contributed by atoms with E-state index in [0.717, 1.165) is 47.8 Å². The van der Waals surface area contributed by atoms with Crippen LogP contribution < -0.4 is 14.4 Å². The molecule has 0 N–H and O–H groups in total. The van der Waals surface area contributed by atoms with Crippen molar-refractivity contribution in [2.45, 2.75) is 65.6 Å². The molecule has 2 aromatic carbocycles. The topological polar surface area (TPSA) is 73.2 Å². The Balaban J connectivity index is 1.54. The van der Waals surface area contributed by atoms with Crippen molar-refractivity contribution in [1.29, 1.82) is 0 Å². The summed E-state index contributed by atoms with van der Waals surface area (Å²) >= 11 is 0. The van der Waals surface area contributed by atoms with Crippen LogP contribution in [-0.2, 0) is 22.6 Å². The van der Waals surface area contributed by atoms with Gasteiger partial charge in [0.05, 0.1) is 20.3 Å². The third-order valence-corrected chi connectivity index (χ3v) is 7.09. The maximum atomic E-state index is 13.8. The molecule has 8 nitrogen and oxygen atoms in total. The second kappa shape index (κ2) is 12.7. The Morgan fingerprint density at radius 1 is 1.08 bits per heavy atom. The van der Waals surface area contributed by atoms with E-state index >= 15 is 0 Å². The number of ether oxygens (including phenoxy) is 3. The van der Waals surface area contributed by atoms with E-state index in [1.165, 1.54) is 0 Å². The van der Waals surface area contributed by atoms with Crippen LogP contribution in [0.3, 0.4) is 0 Å². The zero-order valence-corrected chi connectivity index (χ0v) is 22.9. The molecule has 4 rings (SSSR count). The maximum Gasteiger partial charge on any atom is 0.325 e. The number of hydrogen-bond acceptors (Lipinski definition) is 5. The van der Waals surface area contributed by atoms with Gasteiger partial charge in [0.15, 0.2) is 11.5 Å². The zero-order valence-electron chi connectivity index (χ0n) is 22.9. The number of fused-ring (bicyclic) bond motifs is 1. The number of esters is 1. The van der Waals surface area contributed by atoms with Gasteiger partial charge in [-0.2, -0.15) is 0 Å². The Bertz CT molecular complexity index is 1250. The number of urea groups is 1. The molecule has 0 spiro atoms. The lowest BCUT2D eigenvalue weighted by Gasteiger charge is -2.40. The van der Waals surface area contributed by atoms with Gasteiger partial charge in [0.1, 0.15) is 6.54 Å². The fourth-order valence-electron chi connectivity index (χ4n) is 4.95. The summed E-state index contributed by atoms with van der Waals surface area (Å²) in [6.07, 6.45) is 5.96. The fraction of sp³-hybridized carbons (Fsp3) is 0.467. The molecular formula is C30H39N3O5. The van der Waals surface area contributed by atoms with Crippen molar-refractivity contribution in [2.24, 2.45) is 0 Å². The number of hydrogen-bond donors (Lipinski definition) is 0. The minimum absolute atomic E-state index is 0.0335. The van der Waals surface area contributed by atoms with E-state index in [4.69, 9.17) is 14.2 Å². The molecule has 0 aliphatic carbocycles. The minimum Gasteiger partial charge on any atom is -0.493 e. The number of rotatable bonds is 12. The van der Waals surface area contributed by atoms with E-state index < -0.39 is 0 Å². The molecule has 1 aliphatic rings. The van der Waals surface area contributed by atoms with Crippen LogP contribution in [0.25, 0.3) is 10.9 Å². The smallest absolute Gasteiger partial charge is 0.325 e. The number of nitrogens with zero attached hydrogens (tertiary/aromatic N) is 3. The summed E-state index contributed by atoms with van der Waals surface area (Å²) in [5, 5.41) is 1.03. The molecule has 1 aliphatic heterocycles. The average Bonchev–Trinajstić information content (AvgIpc) is 3.32. The third kappa shape index (κ3) is 6.06.